The molecule has 3 heteroatoms. The highest BCUT2D eigenvalue weighted by Gasteiger charge is 2.00. The van der Waals surface area contributed by atoms with Crippen molar-refractivity contribution in [2.45, 2.75) is 26.9 Å². The summed E-state index contributed by atoms with van der Waals surface area (Å²) in [6.45, 7) is 5.55. The first-order chi connectivity index (χ1) is 7.58. The minimum Gasteiger partial charge on any atom is -0.481 e. The maximum absolute atomic E-state index is 10.5. The van der Waals surface area contributed by atoms with E-state index in [1.165, 1.54) is 0 Å². The Balaban J connectivity index is 2.42. The molecular formula is C13H18O3. The number of benzene rings is 1. The highest BCUT2D eigenvalue weighted by Crippen LogP contribution is 2.07. The fourth-order valence-corrected chi connectivity index (χ4v) is 1.34. The van der Waals surface area contributed by atoms with Crippen LogP contribution in [-0.4, -0.2) is 17.7 Å². The van der Waals surface area contributed by atoms with Gasteiger partial charge in [0.15, 0.2) is 0 Å². The number of aliphatic carboxylic acids is 1. The van der Waals surface area contributed by atoms with Crippen LogP contribution in [0.15, 0.2) is 24.3 Å². The summed E-state index contributed by atoms with van der Waals surface area (Å²) in [5.74, 6) is -0.268. The molecule has 88 valence electrons. The normalized spacial score (nSPS) is 10.7. The van der Waals surface area contributed by atoms with Gasteiger partial charge in [-0.3, -0.25) is 4.79 Å². The van der Waals surface area contributed by atoms with Crippen molar-refractivity contribution in [1.82, 2.24) is 0 Å². The van der Waals surface area contributed by atoms with Crippen LogP contribution in [-0.2, 0) is 22.6 Å². The van der Waals surface area contributed by atoms with E-state index in [2.05, 4.69) is 13.8 Å². The predicted octanol–water partition coefficient (Wildman–Crippen LogP) is 2.49. The SMILES string of the molecule is CC(C)COCc1ccc(CC(=O)O)cc1. The van der Waals surface area contributed by atoms with E-state index in [-0.39, 0.29) is 6.42 Å². The van der Waals surface area contributed by atoms with E-state index in [0.29, 0.717) is 12.5 Å². The number of hydrogen-bond acceptors (Lipinski definition) is 2. The number of carboxylic acids is 1. The summed E-state index contributed by atoms with van der Waals surface area (Å²) < 4.78 is 5.49. The van der Waals surface area contributed by atoms with E-state index in [1.807, 2.05) is 24.3 Å². The molecule has 16 heavy (non-hydrogen) atoms. The van der Waals surface area contributed by atoms with Crippen LogP contribution in [0.3, 0.4) is 0 Å². The molecule has 0 amide bonds. The van der Waals surface area contributed by atoms with Gasteiger partial charge in [-0.15, -0.1) is 0 Å². The third-order valence-corrected chi connectivity index (χ3v) is 2.10. The van der Waals surface area contributed by atoms with Crippen LogP contribution in [0.1, 0.15) is 25.0 Å². The number of carbonyl (C=O) groups is 1. The zero-order chi connectivity index (χ0) is 12.0. The van der Waals surface area contributed by atoms with Gasteiger partial charge < -0.3 is 9.84 Å². The van der Waals surface area contributed by atoms with Gasteiger partial charge in [-0.2, -0.15) is 0 Å². The van der Waals surface area contributed by atoms with Gasteiger partial charge in [-0.05, 0) is 17.0 Å². The molecule has 0 saturated heterocycles. The Morgan fingerprint density at radius 3 is 2.31 bits per heavy atom. The Hall–Kier alpha value is -1.35. The third-order valence-electron chi connectivity index (χ3n) is 2.10. The molecule has 1 aromatic rings. The molecule has 0 spiro atoms. The van der Waals surface area contributed by atoms with Gasteiger partial charge in [0.1, 0.15) is 0 Å². The molecule has 0 heterocycles. The summed E-state index contributed by atoms with van der Waals surface area (Å²) >= 11 is 0. The lowest BCUT2D eigenvalue weighted by atomic mass is 10.1. The monoisotopic (exact) mass is 222 g/mol. The Labute approximate surface area is 96.1 Å². The lowest BCUT2D eigenvalue weighted by Gasteiger charge is -2.07. The van der Waals surface area contributed by atoms with Gasteiger partial charge in [-0.1, -0.05) is 38.1 Å². The van der Waals surface area contributed by atoms with E-state index in [1.54, 1.807) is 0 Å². The average molecular weight is 222 g/mol. The maximum atomic E-state index is 10.5. The quantitative estimate of drug-likeness (QED) is 0.804. The van der Waals surface area contributed by atoms with E-state index in [9.17, 15) is 4.79 Å². The van der Waals surface area contributed by atoms with Crippen LogP contribution in [0, 0.1) is 5.92 Å². The van der Waals surface area contributed by atoms with Crippen LogP contribution in [0.2, 0.25) is 0 Å². The maximum Gasteiger partial charge on any atom is 0.307 e. The standard InChI is InChI=1S/C13H18O3/c1-10(2)8-16-9-12-5-3-11(4-6-12)7-13(14)15/h3-6,10H,7-9H2,1-2H3,(H,14,15). The van der Waals surface area contributed by atoms with Crippen LogP contribution >= 0.6 is 0 Å². The zero-order valence-electron chi connectivity index (χ0n) is 9.77. The second kappa shape index (κ2) is 6.28. The Bertz CT molecular complexity index is 328. The molecule has 0 radical (unpaired) electrons. The zero-order valence-corrected chi connectivity index (χ0v) is 9.77. The van der Waals surface area contributed by atoms with Gasteiger partial charge in [0.2, 0.25) is 0 Å². The van der Waals surface area contributed by atoms with E-state index < -0.39 is 5.97 Å². The van der Waals surface area contributed by atoms with Gasteiger partial charge in [-0.25, -0.2) is 0 Å². The van der Waals surface area contributed by atoms with Gasteiger partial charge in [0, 0.05) is 6.61 Å². The molecule has 1 N–H and O–H groups in total. The second-order valence-electron chi connectivity index (χ2n) is 4.30. The highest BCUT2D eigenvalue weighted by atomic mass is 16.5. The van der Waals surface area contributed by atoms with Crippen molar-refractivity contribution in [3.05, 3.63) is 35.4 Å². The molecule has 0 saturated carbocycles. The summed E-state index contributed by atoms with van der Waals surface area (Å²) in [4.78, 5) is 10.5. The molecular weight excluding hydrogens is 204 g/mol. The molecule has 1 aromatic carbocycles. The van der Waals surface area contributed by atoms with Gasteiger partial charge in [0.05, 0.1) is 13.0 Å². The van der Waals surface area contributed by atoms with Crippen molar-refractivity contribution in [2.75, 3.05) is 6.61 Å². The highest BCUT2D eigenvalue weighted by molar-refractivity contribution is 5.70. The molecule has 0 aliphatic carbocycles. The molecule has 0 fully saturated rings. The van der Waals surface area contributed by atoms with Crippen molar-refractivity contribution in [3.63, 3.8) is 0 Å². The number of ether oxygens (including phenoxy) is 1. The van der Waals surface area contributed by atoms with Crippen LogP contribution in [0.5, 0.6) is 0 Å². The molecule has 0 atom stereocenters. The van der Waals surface area contributed by atoms with Crippen LogP contribution in [0.4, 0.5) is 0 Å². The third kappa shape index (κ3) is 4.94. The summed E-state index contributed by atoms with van der Waals surface area (Å²) in [6, 6.07) is 7.50. The topological polar surface area (TPSA) is 46.5 Å². The first-order valence-electron chi connectivity index (χ1n) is 5.45. The summed E-state index contributed by atoms with van der Waals surface area (Å²) in [7, 11) is 0. The minimum atomic E-state index is -0.802. The van der Waals surface area contributed by atoms with Crippen molar-refractivity contribution < 1.29 is 14.6 Å². The molecule has 3 nitrogen and oxygen atoms in total. The summed E-state index contributed by atoms with van der Waals surface area (Å²) in [6.07, 6.45) is 0.0765. The lowest BCUT2D eigenvalue weighted by molar-refractivity contribution is -0.136. The molecule has 0 bridgehead atoms. The van der Waals surface area contributed by atoms with E-state index in [0.717, 1.165) is 17.7 Å². The first-order valence-corrected chi connectivity index (χ1v) is 5.45. The number of hydrogen-bond donors (Lipinski definition) is 1. The molecule has 0 aliphatic heterocycles. The van der Waals surface area contributed by atoms with Crippen molar-refractivity contribution in [3.8, 4) is 0 Å². The van der Waals surface area contributed by atoms with Crippen LogP contribution in [0.25, 0.3) is 0 Å². The molecule has 0 aromatic heterocycles. The molecule has 1 rings (SSSR count). The van der Waals surface area contributed by atoms with Crippen molar-refractivity contribution in [1.29, 1.82) is 0 Å². The predicted molar refractivity (Wildman–Crippen MR) is 62.3 cm³/mol. The average Bonchev–Trinajstić information content (AvgIpc) is 2.19. The van der Waals surface area contributed by atoms with Crippen molar-refractivity contribution >= 4 is 5.97 Å². The Morgan fingerprint density at radius 2 is 1.81 bits per heavy atom. The second-order valence-corrected chi connectivity index (χ2v) is 4.30. The van der Waals surface area contributed by atoms with Crippen molar-refractivity contribution in [2.24, 2.45) is 5.92 Å². The fourth-order valence-electron chi connectivity index (χ4n) is 1.34. The Kier molecular flexibility index (Phi) is 4.99. The molecule has 0 aliphatic rings. The molecule has 0 unspecified atom stereocenters. The van der Waals surface area contributed by atoms with Crippen LogP contribution < -0.4 is 0 Å². The van der Waals surface area contributed by atoms with E-state index >= 15 is 0 Å². The lowest BCUT2D eigenvalue weighted by Crippen LogP contribution is -2.02. The Morgan fingerprint density at radius 1 is 1.25 bits per heavy atom. The minimum absolute atomic E-state index is 0.0765. The largest absolute Gasteiger partial charge is 0.481 e. The summed E-state index contributed by atoms with van der Waals surface area (Å²) in [5.41, 5.74) is 1.90. The van der Waals surface area contributed by atoms with Gasteiger partial charge >= 0.3 is 5.97 Å². The van der Waals surface area contributed by atoms with Gasteiger partial charge in [0.25, 0.3) is 0 Å². The number of carboxylic acid groups (broad SMARTS) is 1. The first kappa shape index (κ1) is 12.7. The smallest absolute Gasteiger partial charge is 0.307 e. The summed E-state index contributed by atoms with van der Waals surface area (Å²) in [5, 5.41) is 8.61. The number of rotatable bonds is 6. The van der Waals surface area contributed by atoms with E-state index in [4.69, 9.17) is 9.84 Å². The fraction of sp³-hybridized carbons (Fsp3) is 0.462.